The van der Waals surface area contributed by atoms with Gasteiger partial charge < -0.3 is 10.2 Å². The summed E-state index contributed by atoms with van der Waals surface area (Å²) in [6.07, 6.45) is 2.90. The largest absolute Gasteiger partial charge is 0.346 e. The van der Waals surface area contributed by atoms with E-state index in [1.165, 1.54) is 5.56 Å². The highest BCUT2D eigenvalue weighted by Crippen LogP contribution is 2.27. The van der Waals surface area contributed by atoms with Crippen molar-refractivity contribution in [2.75, 3.05) is 36.4 Å². The number of anilines is 2. The van der Waals surface area contributed by atoms with Gasteiger partial charge >= 0.3 is 0 Å². The maximum atomic E-state index is 12.8. The molecule has 0 aliphatic carbocycles. The second-order valence-electron chi connectivity index (χ2n) is 6.90. The molecule has 2 unspecified atom stereocenters. The number of aromatic nitrogens is 1. The van der Waals surface area contributed by atoms with Crippen LogP contribution >= 0.6 is 11.3 Å². The molecule has 0 bridgehead atoms. The fourth-order valence-electron chi connectivity index (χ4n) is 3.34. The highest BCUT2D eigenvalue weighted by molar-refractivity contribution is 7.13. The summed E-state index contributed by atoms with van der Waals surface area (Å²) in [5.74, 6) is 0.507. The van der Waals surface area contributed by atoms with Crippen molar-refractivity contribution >= 4 is 28.1 Å². The zero-order valence-electron chi connectivity index (χ0n) is 15.8. The van der Waals surface area contributed by atoms with E-state index in [9.17, 15) is 4.79 Å². The maximum Gasteiger partial charge on any atom is 0.241 e. The Balaban J connectivity index is 1.59. The second-order valence-corrected chi connectivity index (χ2v) is 7.77. The molecule has 2 heterocycles. The van der Waals surface area contributed by atoms with E-state index in [2.05, 4.69) is 40.0 Å². The molecular weight excluding hydrogens is 344 g/mol. The molecule has 1 aliphatic rings. The van der Waals surface area contributed by atoms with Crippen molar-refractivity contribution in [2.45, 2.75) is 39.2 Å². The van der Waals surface area contributed by atoms with Gasteiger partial charge in [-0.05, 0) is 30.9 Å². The molecule has 0 spiro atoms. The summed E-state index contributed by atoms with van der Waals surface area (Å²) >= 11 is 1.67. The summed E-state index contributed by atoms with van der Waals surface area (Å²) < 4.78 is 0. The molecule has 3 rings (SSSR count). The van der Waals surface area contributed by atoms with E-state index in [4.69, 9.17) is 0 Å². The highest BCUT2D eigenvalue weighted by Gasteiger charge is 2.26. The van der Waals surface area contributed by atoms with E-state index in [-0.39, 0.29) is 11.9 Å². The number of amides is 1. The number of benzene rings is 1. The number of hydrogen-bond donors (Lipinski definition) is 1. The van der Waals surface area contributed by atoms with Crippen molar-refractivity contribution in [1.29, 1.82) is 0 Å². The van der Waals surface area contributed by atoms with Gasteiger partial charge in [0.25, 0.3) is 0 Å². The summed E-state index contributed by atoms with van der Waals surface area (Å²) in [5, 5.41) is 6.24. The lowest BCUT2D eigenvalue weighted by Crippen LogP contribution is -2.52. The first-order valence-corrected chi connectivity index (χ1v) is 10.3. The number of thiazole rings is 1. The smallest absolute Gasteiger partial charge is 0.241 e. The standard InChI is InChI=1S/C20H28N4OS/c1-4-15(2)17-7-5-6-8-18(17)22-19(25)16(3)23-10-12-24(13-11-23)20-21-9-14-26-20/h5-9,14-16H,4,10-13H2,1-3H3,(H,22,25). The van der Waals surface area contributed by atoms with E-state index >= 15 is 0 Å². The zero-order valence-corrected chi connectivity index (χ0v) is 16.6. The number of nitrogens with one attached hydrogen (secondary N) is 1. The van der Waals surface area contributed by atoms with Crippen LogP contribution in [0.4, 0.5) is 10.8 Å². The average Bonchev–Trinajstić information content (AvgIpc) is 3.22. The summed E-state index contributed by atoms with van der Waals surface area (Å²) in [4.78, 5) is 21.7. The second kappa shape index (κ2) is 8.64. The average molecular weight is 373 g/mol. The molecule has 1 N–H and O–H groups in total. The third-order valence-corrected chi connectivity index (χ3v) is 6.13. The number of carbonyl (C=O) groups excluding carboxylic acids is 1. The van der Waals surface area contributed by atoms with Crippen LogP contribution in [-0.2, 0) is 4.79 Å². The Bertz CT molecular complexity index is 710. The van der Waals surface area contributed by atoms with E-state index < -0.39 is 0 Å². The summed E-state index contributed by atoms with van der Waals surface area (Å²) in [6.45, 7) is 9.95. The molecule has 0 saturated carbocycles. The zero-order chi connectivity index (χ0) is 18.5. The minimum atomic E-state index is -0.140. The first kappa shape index (κ1) is 18.9. The fourth-order valence-corrected chi connectivity index (χ4v) is 4.03. The van der Waals surface area contributed by atoms with Crippen LogP contribution in [0.25, 0.3) is 0 Å². The molecule has 1 amide bonds. The van der Waals surface area contributed by atoms with Gasteiger partial charge in [0.15, 0.2) is 5.13 Å². The van der Waals surface area contributed by atoms with Gasteiger partial charge in [0.1, 0.15) is 0 Å². The van der Waals surface area contributed by atoms with Crippen LogP contribution in [0.3, 0.4) is 0 Å². The van der Waals surface area contributed by atoms with Crippen molar-refractivity contribution < 1.29 is 4.79 Å². The van der Waals surface area contributed by atoms with Gasteiger partial charge in [-0.2, -0.15) is 0 Å². The number of para-hydroxylation sites is 1. The Morgan fingerprint density at radius 3 is 2.62 bits per heavy atom. The lowest BCUT2D eigenvalue weighted by Gasteiger charge is -2.37. The van der Waals surface area contributed by atoms with Crippen molar-refractivity contribution in [1.82, 2.24) is 9.88 Å². The molecule has 26 heavy (non-hydrogen) atoms. The van der Waals surface area contributed by atoms with E-state index in [0.29, 0.717) is 5.92 Å². The summed E-state index contributed by atoms with van der Waals surface area (Å²) in [6, 6.07) is 8.00. The fraction of sp³-hybridized carbons (Fsp3) is 0.500. The first-order valence-electron chi connectivity index (χ1n) is 9.38. The molecule has 0 radical (unpaired) electrons. The Labute approximate surface area is 160 Å². The molecule has 2 atom stereocenters. The maximum absolute atomic E-state index is 12.8. The van der Waals surface area contributed by atoms with E-state index in [0.717, 1.165) is 43.4 Å². The van der Waals surface area contributed by atoms with Crippen LogP contribution in [0, 0.1) is 0 Å². The van der Waals surface area contributed by atoms with Crippen molar-refractivity contribution in [2.24, 2.45) is 0 Å². The molecule has 140 valence electrons. The van der Waals surface area contributed by atoms with Crippen LogP contribution in [-0.4, -0.2) is 48.0 Å². The number of hydrogen-bond acceptors (Lipinski definition) is 5. The Kier molecular flexibility index (Phi) is 6.27. The highest BCUT2D eigenvalue weighted by atomic mass is 32.1. The molecule has 2 aromatic rings. The normalized spacial score (nSPS) is 17.7. The monoisotopic (exact) mass is 372 g/mol. The predicted octanol–water partition coefficient (Wildman–Crippen LogP) is 3.81. The Morgan fingerprint density at radius 2 is 1.96 bits per heavy atom. The molecule has 1 aromatic carbocycles. The van der Waals surface area contributed by atoms with Gasteiger partial charge in [-0.1, -0.05) is 32.0 Å². The van der Waals surface area contributed by atoms with Crippen molar-refractivity contribution in [3.8, 4) is 0 Å². The SMILES string of the molecule is CCC(C)c1ccccc1NC(=O)C(C)N1CCN(c2nccs2)CC1. The van der Waals surface area contributed by atoms with E-state index in [1.54, 1.807) is 11.3 Å². The lowest BCUT2D eigenvalue weighted by molar-refractivity contribution is -0.120. The number of rotatable bonds is 6. The van der Waals surface area contributed by atoms with Crippen molar-refractivity contribution in [3.05, 3.63) is 41.4 Å². The minimum absolute atomic E-state index is 0.0726. The van der Waals surface area contributed by atoms with Gasteiger partial charge in [-0.25, -0.2) is 4.98 Å². The molecule has 6 heteroatoms. The first-order chi connectivity index (χ1) is 12.6. The van der Waals surface area contributed by atoms with Gasteiger partial charge in [-0.15, -0.1) is 11.3 Å². The topological polar surface area (TPSA) is 48.5 Å². The summed E-state index contributed by atoms with van der Waals surface area (Å²) in [5.41, 5.74) is 2.16. The lowest BCUT2D eigenvalue weighted by atomic mass is 9.97. The molecule has 1 aliphatic heterocycles. The summed E-state index contributed by atoms with van der Waals surface area (Å²) in [7, 11) is 0. The number of carbonyl (C=O) groups is 1. The molecular formula is C20H28N4OS. The predicted molar refractivity (Wildman–Crippen MR) is 109 cm³/mol. The van der Waals surface area contributed by atoms with Crippen LogP contribution in [0.1, 0.15) is 38.7 Å². The Hall–Kier alpha value is -1.92. The Morgan fingerprint density at radius 1 is 1.23 bits per heavy atom. The molecule has 1 saturated heterocycles. The quantitative estimate of drug-likeness (QED) is 0.838. The van der Waals surface area contributed by atoms with E-state index in [1.807, 2.05) is 36.7 Å². The third-order valence-electron chi connectivity index (χ3n) is 5.29. The van der Waals surface area contributed by atoms with Crippen LogP contribution in [0.15, 0.2) is 35.8 Å². The molecule has 1 fully saturated rings. The van der Waals surface area contributed by atoms with Crippen LogP contribution in [0.5, 0.6) is 0 Å². The van der Waals surface area contributed by atoms with Gasteiger partial charge in [-0.3, -0.25) is 9.69 Å². The number of piperazine rings is 1. The van der Waals surface area contributed by atoms with Crippen molar-refractivity contribution in [3.63, 3.8) is 0 Å². The molecule has 5 nitrogen and oxygen atoms in total. The number of nitrogens with zero attached hydrogens (tertiary/aromatic N) is 3. The van der Waals surface area contributed by atoms with Crippen LogP contribution < -0.4 is 10.2 Å². The van der Waals surface area contributed by atoms with Gasteiger partial charge in [0.05, 0.1) is 6.04 Å². The minimum Gasteiger partial charge on any atom is -0.346 e. The van der Waals surface area contributed by atoms with Gasteiger partial charge in [0, 0.05) is 43.4 Å². The van der Waals surface area contributed by atoms with Crippen LogP contribution in [0.2, 0.25) is 0 Å². The third kappa shape index (κ3) is 4.24. The molecule has 1 aromatic heterocycles. The van der Waals surface area contributed by atoms with Gasteiger partial charge in [0.2, 0.25) is 5.91 Å².